The zero-order chi connectivity index (χ0) is 21.0. The number of likely N-dealkylation sites (N-methyl/N-ethyl adjacent to an activating group) is 1. The van der Waals surface area contributed by atoms with Crippen molar-refractivity contribution in [2.45, 2.75) is 6.92 Å². The lowest BCUT2D eigenvalue weighted by Gasteiger charge is -2.34. The Morgan fingerprint density at radius 2 is 1.76 bits per heavy atom. The SMILES string of the molecule is CC(=O)N1CCN(C(=O)CN(C)C(=O)c2csc(Nc3ccc(F)cc3)n2)CC1. The molecular formula is C19H22FN5O3S. The number of thiazole rings is 1. The molecule has 10 heteroatoms. The van der Waals surface area contributed by atoms with Crippen LogP contribution in [0.5, 0.6) is 0 Å². The summed E-state index contributed by atoms with van der Waals surface area (Å²) in [5, 5.41) is 5.13. The molecule has 29 heavy (non-hydrogen) atoms. The molecule has 2 aromatic rings. The minimum atomic E-state index is -0.357. The van der Waals surface area contributed by atoms with Crippen molar-refractivity contribution in [2.24, 2.45) is 0 Å². The van der Waals surface area contributed by atoms with E-state index in [1.165, 1.54) is 35.3 Å². The lowest BCUT2D eigenvalue weighted by atomic mass is 10.3. The standard InChI is InChI=1S/C19H22FN5O3S/c1-13(26)24-7-9-25(10-8-24)17(27)11-23(2)18(28)16-12-29-19(22-16)21-15-5-3-14(20)4-6-15/h3-6,12H,7-11H2,1-2H3,(H,21,22). The van der Waals surface area contributed by atoms with Crippen LogP contribution in [-0.2, 0) is 9.59 Å². The number of carbonyl (C=O) groups excluding carboxylic acids is 3. The highest BCUT2D eigenvalue weighted by Gasteiger charge is 2.25. The highest BCUT2D eigenvalue weighted by atomic mass is 32.1. The lowest BCUT2D eigenvalue weighted by Crippen LogP contribution is -2.52. The number of anilines is 2. The minimum absolute atomic E-state index is 0.00187. The van der Waals surface area contributed by atoms with E-state index in [1.54, 1.807) is 34.4 Å². The third-order valence-electron chi connectivity index (χ3n) is 4.62. The number of hydrogen-bond acceptors (Lipinski definition) is 6. The predicted octanol–water partition coefficient (Wildman–Crippen LogP) is 1.79. The zero-order valence-electron chi connectivity index (χ0n) is 16.2. The van der Waals surface area contributed by atoms with Gasteiger partial charge in [-0.2, -0.15) is 0 Å². The fraction of sp³-hybridized carbons (Fsp3) is 0.368. The van der Waals surface area contributed by atoms with Crippen LogP contribution < -0.4 is 5.32 Å². The molecule has 1 fully saturated rings. The fourth-order valence-electron chi connectivity index (χ4n) is 2.93. The Bertz CT molecular complexity index is 894. The molecule has 1 aliphatic rings. The summed E-state index contributed by atoms with van der Waals surface area (Å²) in [6, 6.07) is 5.82. The lowest BCUT2D eigenvalue weighted by molar-refractivity contribution is -0.138. The average Bonchev–Trinajstić information content (AvgIpc) is 3.17. The summed E-state index contributed by atoms with van der Waals surface area (Å²) >= 11 is 1.25. The summed E-state index contributed by atoms with van der Waals surface area (Å²) in [5.74, 6) is -0.856. The Morgan fingerprint density at radius 3 is 2.38 bits per heavy atom. The van der Waals surface area contributed by atoms with Crippen LogP contribution in [0.15, 0.2) is 29.6 Å². The van der Waals surface area contributed by atoms with Crippen LogP contribution in [0, 0.1) is 5.82 Å². The molecule has 0 saturated carbocycles. The zero-order valence-corrected chi connectivity index (χ0v) is 17.0. The summed E-state index contributed by atoms with van der Waals surface area (Å²) < 4.78 is 13.0. The molecule has 0 spiro atoms. The molecule has 1 aliphatic heterocycles. The number of piperazine rings is 1. The smallest absolute Gasteiger partial charge is 0.273 e. The van der Waals surface area contributed by atoms with E-state index in [0.29, 0.717) is 37.0 Å². The number of halogens is 1. The van der Waals surface area contributed by atoms with E-state index in [-0.39, 0.29) is 35.8 Å². The number of aromatic nitrogens is 1. The van der Waals surface area contributed by atoms with Crippen molar-refractivity contribution in [1.82, 2.24) is 19.7 Å². The van der Waals surface area contributed by atoms with Gasteiger partial charge in [-0.05, 0) is 24.3 Å². The van der Waals surface area contributed by atoms with Gasteiger partial charge in [0.2, 0.25) is 11.8 Å². The highest BCUT2D eigenvalue weighted by molar-refractivity contribution is 7.14. The van der Waals surface area contributed by atoms with Gasteiger partial charge < -0.3 is 20.0 Å². The van der Waals surface area contributed by atoms with Gasteiger partial charge in [0, 0.05) is 51.2 Å². The van der Waals surface area contributed by atoms with Crippen molar-refractivity contribution in [1.29, 1.82) is 0 Å². The maximum atomic E-state index is 13.0. The quantitative estimate of drug-likeness (QED) is 0.799. The molecule has 3 rings (SSSR count). The highest BCUT2D eigenvalue weighted by Crippen LogP contribution is 2.21. The van der Waals surface area contributed by atoms with Gasteiger partial charge in [0.1, 0.15) is 11.5 Å². The Kier molecular flexibility index (Phi) is 6.42. The molecule has 0 unspecified atom stereocenters. The Hall–Kier alpha value is -3.01. The first-order valence-electron chi connectivity index (χ1n) is 9.10. The second-order valence-electron chi connectivity index (χ2n) is 6.72. The molecule has 1 aromatic carbocycles. The van der Waals surface area contributed by atoms with Gasteiger partial charge in [0.15, 0.2) is 5.13 Å². The van der Waals surface area contributed by atoms with E-state index in [9.17, 15) is 18.8 Å². The Morgan fingerprint density at radius 1 is 1.14 bits per heavy atom. The van der Waals surface area contributed by atoms with Crippen molar-refractivity contribution >= 4 is 39.9 Å². The maximum Gasteiger partial charge on any atom is 0.273 e. The maximum absolute atomic E-state index is 13.0. The second-order valence-corrected chi connectivity index (χ2v) is 7.58. The van der Waals surface area contributed by atoms with Crippen LogP contribution in [0.25, 0.3) is 0 Å². The van der Waals surface area contributed by atoms with Gasteiger partial charge in [-0.1, -0.05) is 0 Å². The van der Waals surface area contributed by atoms with Gasteiger partial charge in [-0.15, -0.1) is 11.3 Å². The summed E-state index contributed by atoms with van der Waals surface area (Å²) in [6.07, 6.45) is 0. The minimum Gasteiger partial charge on any atom is -0.339 e. The molecule has 1 N–H and O–H groups in total. The van der Waals surface area contributed by atoms with E-state index in [2.05, 4.69) is 10.3 Å². The number of benzene rings is 1. The van der Waals surface area contributed by atoms with E-state index >= 15 is 0 Å². The van der Waals surface area contributed by atoms with Crippen LogP contribution in [0.3, 0.4) is 0 Å². The largest absolute Gasteiger partial charge is 0.339 e. The van der Waals surface area contributed by atoms with E-state index in [1.807, 2.05) is 0 Å². The fourth-order valence-corrected chi connectivity index (χ4v) is 3.63. The molecule has 3 amide bonds. The Balaban J connectivity index is 1.53. The molecule has 1 saturated heterocycles. The predicted molar refractivity (Wildman–Crippen MR) is 108 cm³/mol. The second kappa shape index (κ2) is 8.99. The van der Waals surface area contributed by atoms with E-state index in [0.717, 1.165) is 0 Å². The normalized spacial score (nSPS) is 13.9. The van der Waals surface area contributed by atoms with Crippen molar-refractivity contribution in [3.8, 4) is 0 Å². The first-order chi connectivity index (χ1) is 13.8. The first kappa shape index (κ1) is 20.7. The number of nitrogens with one attached hydrogen (secondary N) is 1. The molecule has 2 heterocycles. The van der Waals surface area contributed by atoms with Gasteiger partial charge in [0.05, 0.1) is 6.54 Å². The average molecular weight is 419 g/mol. The van der Waals surface area contributed by atoms with Gasteiger partial charge in [-0.3, -0.25) is 14.4 Å². The number of nitrogens with zero attached hydrogens (tertiary/aromatic N) is 4. The Labute approximate surface area is 171 Å². The third-order valence-corrected chi connectivity index (χ3v) is 5.37. The number of carbonyl (C=O) groups is 3. The van der Waals surface area contributed by atoms with E-state index in [4.69, 9.17) is 0 Å². The van der Waals surface area contributed by atoms with Crippen molar-refractivity contribution < 1.29 is 18.8 Å². The third kappa shape index (κ3) is 5.29. The molecule has 0 aliphatic carbocycles. The first-order valence-corrected chi connectivity index (χ1v) is 9.98. The van der Waals surface area contributed by atoms with Crippen molar-refractivity contribution in [3.05, 3.63) is 41.2 Å². The van der Waals surface area contributed by atoms with Gasteiger partial charge >= 0.3 is 0 Å². The van der Waals surface area contributed by atoms with Gasteiger partial charge in [0.25, 0.3) is 5.91 Å². The van der Waals surface area contributed by atoms with Crippen LogP contribution in [0.4, 0.5) is 15.2 Å². The molecular weight excluding hydrogens is 397 g/mol. The molecule has 0 bridgehead atoms. The van der Waals surface area contributed by atoms with Crippen LogP contribution in [0.1, 0.15) is 17.4 Å². The molecule has 8 nitrogen and oxygen atoms in total. The van der Waals surface area contributed by atoms with E-state index < -0.39 is 0 Å². The number of amides is 3. The monoisotopic (exact) mass is 419 g/mol. The van der Waals surface area contributed by atoms with Crippen LogP contribution >= 0.6 is 11.3 Å². The summed E-state index contributed by atoms with van der Waals surface area (Å²) in [4.78, 5) is 45.4. The summed E-state index contributed by atoms with van der Waals surface area (Å²) in [7, 11) is 1.55. The topological polar surface area (TPSA) is 85.9 Å². The number of rotatable bonds is 5. The molecule has 0 radical (unpaired) electrons. The molecule has 154 valence electrons. The van der Waals surface area contributed by atoms with Gasteiger partial charge in [-0.25, -0.2) is 9.37 Å². The summed E-state index contributed by atoms with van der Waals surface area (Å²) in [5.41, 5.74) is 0.893. The molecule has 0 atom stereocenters. The van der Waals surface area contributed by atoms with Crippen molar-refractivity contribution in [2.75, 3.05) is 45.1 Å². The van der Waals surface area contributed by atoms with Crippen LogP contribution in [0.2, 0.25) is 0 Å². The van der Waals surface area contributed by atoms with Crippen LogP contribution in [-0.4, -0.2) is 77.2 Å². The number of hydrogen-bond donors (Lipinski definition) is 1. The summed E-state index contributed by atoms with van der Waals surface area (Å²) in [6.45, 7) is 3.38. The molecule has 1 aromatic heterocycles. The van der Waals surface area contributed by atoms with Crippen molar-refractivity contribution in [3.63, 3.8) is 0 Å².